The number of rotatable bonds is 9. The van der Waals surface area contributed by atoms with E-state index in [-0.39, 0.29) is 22.6 Å². The predicted molar refractivity (Wildman–Crippen MR) is 125 cm³/mol. The van der Waals surface area contributed by atoms with Crippen LogP contribution in [0.3, 0.4) is 0 Å². The molecule has 1 amide bonds. The highest BCUT2D eigenvalue weighted by molar-refractivity contribution is 7.99. The molecular formula is C22H28ClN3O3S2. The van der Waals surface area contributed by atoms with Gasteiger partial charge in [0.1, 0.15) is 4.90 Å². The quantitative estimate of drug-likeness (QED) is 0.544. The summed E-state index contributed by atoms with van der Waals surface area (Å²) < 4.78 is 27.2. The lowest BCUT2D eigenvalue weighted by Crippen LogP contribution is -2.38. The Hall–Kier alpha value is -1.61. The van der Waals surface area contributed by atoms with E-state index in [1.165, 1.54) is 28.7 Å². The van der Waals surface area contributed by atoms with Crippen molar-refractivity contribution < 1.29 is 13.2 Å². The molecule has 9 heteroatoms. The molecular weight excluding hydrogens is 454 g/mol. The van der Waals surface area contributed by atoms with Crippen LogP contribution in [0.1, 0.15) is 37.7 Å². The molecule has 0 unspecified atom stereocenters. The van der Waals surface area contributed by atoms with Gasteiger partial charge in [0.2, 0.25) is 15.9 Å². The molecule has 6 nitrogen and oxygen atoms in total. The third-order valence-electron chi connectivity index (χ3n) is 5.45. The monoisotopic (exact) mass is 481 g/mol. The maximum Gasteiger partial charge on any atom is 0.244 e. The van der Waals surface area contributed by atoms with Gasteiger partial charge in [0.05, 0.1) is 10.8 Å². The average molecular weight is 482 g/mol. The van der Waals surface area contributed by atoms with Crippen molar-refractivity contribution in [2.75, 3.05) is 19.3 Å². The Labute approximate surface area is 193 Å². The summed E-state index contributed by atoms with van der Waals surface area (Å²) in [5.41, 5.74) is 1.07. The molecule has 0 spiro atoms. The van der Waals surface area contributed by atoms with Gasteiger partial charge in [-0.15, -0.1) is 0 Å². The first kappa shape index (κ1) is 24.0. The third kappa shape index (κ3) is 6.94. The van der Waals surface area contributed by atoms with Crippen molar-refractivity contribution in [2.24, 2.45) is 0 Å². The minimum Gasteiger partial charge on any atom is -0.355 e. The van der Waals surface area contributed by atoms with Crippen LogP contribution in [0.2, 0.25) is 5.02 Å². The molecule has 3 rings (SSSR count). The van der Waals surface area contributed by atoms with Gasteiger partial charge in [-0.25, -0.2) is 13.4 Å². The number of hydrogen-bond acceptors (Lipinski definition) is 5. The largest absolute Gasteiger partial charge is 0.355 e. The topological polar surface area (TPSA) is 79.4 Å². The van der Waals surface area contributed by atoms with Gasteiger partial charge >= 0.3 is 0 Å². The van der Waals surface area contributed by atoms with Crippen molar-refractivity contribution >= 4 is 39.3 Å². The summed E-state index contributed by atoms with van der Waals surface area (Å²) in [5.74, 6) is 0.124. The number of hydrogen-bond donors (Lipinski definition) is 1. The molecule has 1 aliphatic rings. The number of amides is 1. The van der Waals surface area contributed by atoms with Gasteiger partial charge in [0.15, 0.2) is 0 Å². The van der Waals surface area contributed by atoms with E-state index in [1.807, 2.05) is 24.3 Å². The highest BCUT2D eigenvalue weighted by Crippen LogP contribution is 2.27. The number of pyridine rings is 1. The fourth-order valence-corrected chi connectivity index (χ4v) is 5.89. The lowest BCUT2D eigenvalue weighted by atomic mass is 9.96. The number of benzene rings is 1. The second kappa shape index (κ2) is 11.3. The zero-order valence-corrected chi connectivity index (χ0v) is 20.0. The fraction of sp³-hybridized carbons (Fsp3) is 0.455. The number of carbonyl (C=O) groups excluding carboxylic acids is 1. The molecule has 0 radical (unpaired) electrons. The van der Waals surface area contributed by atoms with Crippen molar-refractivity contribution in [3.05, 3.63) is 53.2 Å². The van der Waals surface area contributed by atoms with Crippen LogP contribution in [-0.4, -0.2) is 49.0 Å². The first-order valence-electron chi connectivity index (χ1n) is 10.4. The molecule has 1 aliphatic carbocycles. The van der Waals surface area contributed by atoms with Gasteiger partial charge in [-0.2, -0.15) is 4.31 Å². The summed E-state index contributed by atoms with van der Waals surface area (Å²) in [6.45, 7) is 0.526. The van der Waals surface area contributed by atoms with Crippen LogP contribution in [0.15, 0.2) is 52.5 Å². The Bertz CT molecular complexity index is 978. The van der Waals surface area contributed by atoms with Crippen LogP contribution in [0.4, 0.5) is 0 Å². The smallest absolute Gasteiger partial charge is 0.244 e. The average Bonchev–Trinajstić information content (AvgIpc) is 2.78. The first-order chi connectivity index (χ1) is 14.9. The van der Waals surface area contributed by atoms with E-state index in [4.69, 9.17) is 11.6 Å². The van der Waals surface area contributed by atoms with Crippen LogP contribution in [0.5, 0.6) is 0 Å². The van der Waals surface area contributed by atoms with Gasteiger partial charge in [-0.3, -0.25) is 4.79 Å². The van der Waals surface area contributed by atoms with Crippen LogP contribution >= 0.6 is 23.4 Å². The number of nitrogens with one attached hydrogen (secondary N) is 1. The number of thioether (sulfide) groups is 1. The van der Waals surface area contributed by atoms with E-state index >= 15 is 0 Å². The Morgan fingerprint density at radius 3 is 2.68 bits per heavy atom. The van der Waals surface area contributed by atoms with Crippen molar-refractivity contribution in [3.8, 4) is 0 Å². The molecule has 1 aromatic carbocycles. The molecule has 0 bridgehead atoms. The Balaban J connectivity index is 1.46. The lowest BCUT2D eigenvalue weighted by Gasteiger charge is -2.30. The molecule has 1 heterocycles. The van der Waals surface area contributed by atoms with Crippen LogP contribution in [0, 0.1) is 0 Å². The van der Waals surface area contributed by atoms with Gasteiger partial charge < -0.3 is 5.32 Å². The summed E-state index contributed by atoms with van der Waals surface area (Å²) in [6, 6.07) is 10.8. The second-order valence-corrected chi connectivity index (χ2v) is 11.1. The van der Waals surface area contributed by atoms with E-state index in [9.17, 15) is 13.2 Å². The predicted octanol–water partition coefficient (Wildman–Crippen LogP) is 4.14. The third-order valence-corrected chi connectivity index (χ3v) is 8.52. The molecule has 31 heavy (non-hydrogen) atoms. The number of sulfonamides is 1. The molecule has 168 valence electrons. The van der Waals surface area contributed by atoms with Gasteiger partial charge in [0, 0.05) is 30.9 Å². The van der Waals surface area contributed by atoms with Crippen LogP contribution in [0.25, 0.3) is 0 Å². The van der Waals surface area contributed by atoms with E-state index in [0.717, 1.165) is 31.2 Å². The minimum absolute atomic E-state index is 0.0587. The van der Waals surface area contributed by atoms with Gasteiger partial charge in [-0.1, -0.05) is 54.8 Å². The number of carbonyl (C=O) groups is 1. The maximum absolute atomic E-state index is 12.9. The van der Waals surface area contributed by atoms with Crippen LogP contribution in [-0.2, 0) is 21.2 Å². The van der Waals surface area contributed by atoms with Crippen molar-refractivity contribution in [1.82, 2.24) is 14.6 Å². The molecule has 0 atom stereocenters. The molecule has 0 aliphatic heterocycles. The molecule has 1 fully saturated rings. The first-order valence-corrected chi connectivity index (χ1v) is 13.2. The standard InChI is InChI=1S/C22H28ClN3O3S2/c1-26(19-8-3-2-4-9-19)31(28,29)20-10-11-22(25-15-20)30-16-21(27)24-13-12-17-6-5-7-18(23)14-17/h5-7,10-11,14-15,19H,2-4,8-9,12-13,16H2,1H3,(H,24,27). The Morgan fingerprint density at radius 1 is 1.23 bits per heavy atom. The van der Waals surface area contributed by atoms with E-state index in [2.05, 4.69) is 10.3 Å². The molecule has 1 saturated carbocycles. The Kier molecular flexibility index (Phi) is 8.77. The van der Waals surface area contributed by atoms with Crippen molar-refractivity contribution in [2.45, 2.75) is 54.5 Å². The summed E-state index contributed by atoms with van der Waals surface area (Å²) in [5, 5.41) is 4.17. The Morgan fingerprint density at radius 2 is 2.00 bits per heavy atom. The zero-order valence-electron chi connectivity index (χ0n) is 17.6. The number of aromatic nitrogens is 1. The van der Waals surface area contributed by atoms with Gasteiger partial charge in [-0.05, 0) is 49.1 Å². The molecule has 0 saturated heterocycles. The normalized spacial score (nSPS) is 15.2. The summed E-state index contributed by atoms with van der Waals surface area (Å²) in [7, 11) is -1.90. The summed E-state index contributed by atoms with van der Waals surface area (Å²) in [4.78, 5) is 16.5. The number of nitrogens with zero attached hydrogens (tertiary/aromatic N) is 2. The van der Waals surface area contributed by atoms with Crippen molar-refractivity contribution in [1.29, 1.82) is 0 Å². The molecule has 1 N–H and O–H groups in total. The SMILES string of the molecule is CN(C1CCCCC1)S(=O)(=O)c1ccc(SCC(=O)NCCc2cccc(Cl)c2)nc1. The second-order valence-electron chi connectivity index (χ2n) is 7.66. The molecule has 1 aromatic heterocycles. The number of halogens is 1. The molecule has 2 aromatic rings. The summed E-state index contributed by atoms with van der Waals surface area (Å²) in [6.07, 6.45) is 7.21. The van der Waals surface area contributed by atoms with E-state index < -0.39 is 10.0 Å². The summed E-state index contributed by atoms with van der Waals surface area (Å²) >= 11 is 7.24. The van der Waals surface area contributed by atoms with Crippen LogP contribution < -0.4 is 5.32 Å². The van der Waals surface area contributed by atoms with E-state index in [1.54, 1.807) is 19.2 Å². The highest BCUT2D eigenvalue weighted by Gasteiger charge is 2.29. The van der Waals surface area contributed by atoms with E-state index in [0.29, 0.717) is 23.0 Å². The highest BCUT2D eigenvalue weighted by atomic mass is 35.5. The van der Waals surface area contributed by atoms with Crippen molar-refractivity contribution in [3.63, 3.8) is 0 Å². The lowest BCUT2D eigenvalue weighted by molar-refractivity contribution is -0.118. The van der Waals surface area contributed by atoms with Gasteiger partial charge in [0.25, 0.3) is 0 Å². The zero-order chi connectivity index (χ0) is 22.3. The fourth-order valence-electron chi connectivity index (χ4n) is 3.64. The minimum atomic E-state index is -3.56. The maximum atomic E-state index is 12.9.